The molecule has 3 nitrogen and oxygen atoms in total. The van der Waals surface area contributed by atoms with Gasteiger partial charge in [0, 0.05) is 11.4 Å². The Morgan fingerprint density at radius 3 is 2.40 bits per heavy atom. The Hall–Kier alpha value is 0.200. The molecule has 1 aliphatic carbocycles. The molecule has 1 fully saturated rings. The summed E-state index contributed by atoms with van der Waals surface area (Å²) in [6, 6.07) is 0. The Morgan fingerprint density at radius 1 is 1.33 bits per heavy atom. The topological polar surface area (TPSA) is 46.2 Å². The molecule has 90 valence electrons. The SMILES string of the molecule is CCC1(NS(=O)(=O)CCCCCl)CCC1. The zero-order chi connectivity index (χ0) is 11.4. The maximum Gasteiger partial charge on any atom is 0.212 e. The van der Waals surface area contributed by atoms with Gasteiger partial charge >= 0.3 is 0 Å². The summed E-state index contributed by atoms with van der Waals surface area (Å²) in [6.07, 6.45) is 5.41. The van der Waals surface area contributed by atoms with Gasteiger partial charge in [0.05, 0.1) is 5.75 Å². The Balaban J connectivity index is 2.41. The van der Waals surface area contributed by atoms with E-state index in [0.29, 0.717) is 12.3 Å². The van der Waals surface area contributed by atoms with E-state index in [4.69, 9.17) is 11.6 Å². The van der Waals surface area contributed by atoms with Crippen molar-refractivity contribution in [1.82, 2.24) is 4.72 Å². The van der Waals surface area contributed by atoms with E-state index in [2.05, 4.69) is 4.72 Å². The van der Waals surface area contributed by atoms with E-state index in [1.807, 2.05) is 6.92 Å². The Kier molecular flexibility index (Phi) is 4.87. The smallest absolute Gasteiger partial charge is 0.212 e. The molecule has 0 saturated heterocycles. The van der Waals surface area contributed by atoms with Gasteiger partial charge in [-0.2, -0.15) is 0 Å². The number of sulfonamides is 1. The summed E-state index contributed by atoms with van der Waals surface area (Å²) < 4.78 is 26.3. The van der Waals surface area contributed by atoms with Gasteiger partial charge in [-0.3, -0.25) is 0 Å². The summed E-state index contributed by atoms with van der Waals surface area (Å²) in [4.78, 5) is 0. The van der Waals surface area contributed by atoms with E-state index in [1.165, 1.54) is 0 Å². The van der Waals surface area contributed by atoms with Crippen molar-refractivity contribution in [3.8, 4) is 0 Å². The van der Waals surface area contributed by atoms with E-state index in [9.17, 15) is 8.42 Å². The van der Waals surface area contributed by atoms with Crippen LogP contribution >= 0.6 is 11.6 Å². The average Bonchev–Trinajstić information content (AvgIpc) is 2.12. The van der Waals surface area contributed by atoms with E-state index >= 15 is 0 Å². The Morgan fingerprint density at radius 2 is 2.00 bits per heavy atom. The molecular formula is C10H20ClNO2S. The molecule has 0 radical (unpaired) electrons. The van der Waals surface area contributed by atoms with Crippen molar-refractivity contribution in [3.63, 3.8) is 0 Å². The van der Waals surface area contributed by atoms with Crippen molar-refractivity contribution < 1.29 is 8.42 Å². The third-order valence-electron chi connectivity index (χ3n) is 3.16. The molecule has 0 aromatic carbocycles. The van der Waals surface area contributed by atoms with Crippen LogP contribution in [0.1, 0.15) is 45.4 Å². The zero-order valence-corrected chi connectivity index (χ0v) is 10.8. The van der Waals surface area contributed by atoms with Crippen LogP contribution in [0.3, 0.4) is 0 Å². The molecule has 1 rings (SSSR count). The maximum absolute atomic E-state index is 11.7. The molecule has 1 N–H and O–H groups in total. The van der Waals surface area contributed by atoms with Crippen LogP contribution < -0.4 is 4.72 Å². The quantitative estimate of drug-likeness (QED) is 0.559. The third kappa shape index (κ3) is 3.93. The fourth-order valence-corrected chi connectivity index (χ4v) is 3.78. The summed E-state index contributed by atoms with van der Waals surface area (Å²) in [5.41, 5.74) is -0.125. The van der Waals surface area contributed by atoms with Gasteiger partial charge in [0.15, 0.2) is 0 Å². The van der Waals surface area contributed by atoms with Gasteiger partial charge in [0.25, 0.3) is 0 Å². The predicted molar refractivity (Wildman–Crippen MR) is 63.7 cm³/mol. The molecular weight excluding hydrogens is 234 g/mol. The molecule has 1 aliphatic rings. The number of alkyl halides is 1. The summed E-state index contributed by atoms with van der Waals surface area (Å²) in [5.74, 6) is 0.746. The van der Waals surface area contributed by atoms with Gasteiger partial charge in [-0.15, -0.1) is 11.6 Å². The van der Waals surface area contributed by atoms with Crippen LogP contribution in [0.25, 0.3) is 0 Å². The first-order valence-corrected chi connectivity index (χ1v) is 7.80. The van der Waals surface area contributed by atoms with Gasteiger partial charge < -0.3 is 0 Å². The summed E-state index contributed by atoms with van der Waals surface area (Å²) in [6.45, 7) is 2.04. The summed E-state index contributed by atoms with van der Waals surface area (Å²) >= 11 is 5.51. The molecule has 5 heteroatoms. The monoisotopic (exact) mass is 253 g/mol. The molecule has 0 bridgehead atoms. The summed E-state index contributed by atoms with van der Waals surface area (Å²) in [7, 11) is -3.09. The Labute approximate surface area is 97.6 Å². The van der Waals surface area contributed by atoms with E-state index in [-0.39, 0.29) is 11.3 Å². The second-order valence-electron chi connectivity index (χ2n) is 4.30. The van der Waals surface area contributed by atoms with E-state index < -0.39 is 10.0 Å². The minimum absolute atomic E-state index is 0.125. The van der Waals surface area contributed by atoms with Gasteiger partial charge in [-0.05, 0) is 38.5 Å². The Bertz CT molecular complexity index is 280. The zero-order valence-electron chi connectivity index (χ0n) is 9.26. The van der Waals surface area contributed by atoms with Crippen LogP contribution in [0.2, 0.25) is 0 Å². The minimum Gasteiger partial charge on any atom is -0.212 e. The third-order valence-corrected chi connectivity index (χ3v) is 4.99. The van der Waals surface area contributed by atoms with Crippen LogP contribution in [0.15, 0.2) is 0 Å². The van der Waals surface area contributed by atoms with Gasteiger partial charge in [-0.25, -0.2) is 13.1 Å². The molecule has 0 aliphatic heterocycles. The second-order valence-corrected chi connectivity index (χ2v) is 6.52. The standard InChI is InChI=1S/C10H20ClNO2S/c1-2-10(6-5-7-10)12-15(13,14)9-4-3-8-11/h12H,2-9H2,1H3. The van der Waals surface area contributed by atoms with Crippen LogP contribution in [-0.4, -0.2) is 25.6 Å². The molecule has 0 amide bonds. The normalized spacial score (nSPS) is 19.9. The maximum atomic E-state index is 11.7. The van der Waals surface area contributed by atoms with Crippen molar-refractivity contribution in [2.45, 2.75) is 51.0 Å². The second kappa shape index (κ2) is 5.51. The lowest BCUT2D eigenvalue weighted by atomic mass is 9.76. The minimum atomic E-state index is -3.09. The fraction of sp³-hybridized carbons (Fsp3) is 1.00. The fourth-order valence-electron chi connectivity index (χ4n) is 1.90. The highest BCUT2D eigenvalue weighted by molar-refractivity contribution is 7.89. The molecule has 0 atom stereocenters. The van der Waals surface area contributed by atoms with Gasteiger partial charge in [0.2, 0.25) is 10.0 Å². The lowest BCUT2D eigenvalue weighted by Crippen LogP contribution is -2.53. The van der Waals surface area contributed by atoms with Crippen LogP contribution in [0.5, 0.6) is 0 Å². The van der Waals surface area contributed by atoms with Crippen molar-refractivity contribution in [3.05, 3.63) is 0 Å². The molecule has 0 unspecified atom stereocenters. The predicted octanol–water partition coefficient (Wildman–Crippen LogP) is 2.26. The lowest BCUT2D eigenvalue weighted by molar-refractivity contribution is 0.214. The van der Waals surface area contributed by atoms with Gasteiger partial charge in [-0.1, -0.05) is 6.92 Å². The number of unbranched alkanes of at least 4 members (excludes halogenated alkanes) is 1. The first-order chi connectivity index (χ1) is 7.04. The highest BCUT2D eigenvalue weighted by Crippen LogP contribution is 2.35. The van der Waals surface area contributed by atoms with Crippen molar-refractivity contribution in [1.29, 1.82) is 0 Å². The van der Waals surface area contributed by atoms with Crippen LogP contribution in [0.4, 0.5) is 0 Å². The van der Waals surface area contributed by atoms with Crippen molar-refractivity contribution in [2.75, 3.05) is 11.6 Å². The number of halogens is 1. The summed E-state index contributed by atoms with van der Waals surface area (Å²) in [5, 5.41) is 0. The molecule has 0 aromatic rings. The van der Waals surface area contributed by atoms with E-state index in [1.54, 1.807) is 0 Å². The number of hydrogen-bond acceptors (Lipinski definition) is 2. The number of rotatable bonds is 7. The highest BCUT2D eigenvalue weighted by Gasteiger charge is 2.38. The molecule has 0 heterocycles. The lowest BCUT2D eigenvalue weighted by Gasteiger charge is -2.41. The number of nitrogens with one attached hydrogen (secondary N) is 1. The highest BCUT2D eigenvalue weighted by atomic mass is 35.5. The van der Waals surface area contributed by atoms with E-state index in [0.717, 1.165) is 32.1 Å². The van der Waals surface area contributed by atoms with Crippen molar-refractivity contribution >= 4 is 21.6 Å². The first kappa shape index (κ1) is 13.3. The average molecular weight is 254 g/mol. The first-order valence-electron chi connectivity index (χ1n) is 5.61. The molecule has 1 saturated carbocycles. The van der Waals surface area contributed by atoms with Crippen molar-refractivity contribution in [2.24, 2.45) is 0 Å². The van der Waals surface area contributed by atoms with Crippen LogP contribution in [-0.2, 0) is 10.0 Å². The van der Waals surface area contributed by atoms with Crippen LogP contribution in [0, 0.1) is 0 Å². The molecule has 0 aromatic heterocycles. The molecule has 15 heavy (non-hydrogen) atoms. The van der Waals surface area contributed by atoms with Gasteiger partial charge in [0.1, 0.15) is 0 Å². The number of hydrogen-bond donors (Lipinski definition) is 1. The molecule has 0 spiro atoms. The largest absolute Gasteiger partial charge is 0.212 e.